The monoisotopic (exact) mass is 515 g/mol. The van der Waals surface area contributed by atoms with E-state index < -0.39 is 5.60 Å². The predicted octanol–water partition coefficient (Wildman–Crippen LogP) is 4.18. The Hall–Kier alpha value is -4.35. The van der Waals surface area contributed by atoms with Crippen molar-refractivity contribution in [3.8, 4) is 10.4 Å². The number of hydrogen-bond donors (Lipinski definition) is 3. The zero-order valence-corrected chi connectivity index (χ0v) is 21.3. The summed E-state index contributed by atoms with van der Waals surface area (Å²) in [5.74, 6) is -0.210. The number of H-pyrrole nitrogens is 1. The largest absolute Gasteiger partial charge is 0.389 e. The summed E-state index contributed by atoms with van der Waals surface area (Å²) >= 11 is 1.34. The van der Waals surface area contributed by atoms with Crippen LogP contribution in [0.3, 0.4) is 0 Å². The smallest absolute Gasteiger partial charge is 0.268 e. The van der Waals surface area contributed by atoms with Crippen molar-refractivity contribution < 1.29 is 14.7 Å². The average Bonchev–Trinajstić information content (AvgIpc) is 3.63. The number of pyridine rings is 1. The van der Waals surface area contributed by atoms with E-state index >= 15 is 0 Å². The average molecular weight is 516 g/mol. The molecular formula is C26H25N7O3S. The minimum absolute atomic E-state index is 0.202. The minimum Gasteiger partial charge on any atom is -0.389 e. The molecule has 188 valence electrons. The summed E-state index contributed by atoms with van der Waals surface area (Å²) in [5.41, 5.74) is 2.24. The Morgan fingerprint density at radius 3 is 2.73 bits per heavy atom. The van der Waals surface area contributed by atoms with Gasteiger partial charge in [0.25, 0.3) is 11.8 Å². The van der Waals surface area contributed by atoms with E-state index in [1.807, 2.05) is 12.1 Å². The van der Waals surface area contributed by atoms with Crippen molar-refractivity contribution in [1.82, 2.24) is 24.7 Å². The van der Waals surface area contributed by atoms with Gasteiger partial charge < -0.3 is 14.6 Å². The summed E-state index contributed by atoms with van der Waals surface area (Å²) in [6, 6.07) is 12.5. The molecule has 11 heteroatoms. The lowest BCUT2D eigenvalue weighted by Gasteiger charge is -2.20. The first-order valence-electron chi connectivity index (χ1n) is 11.5. The Bertz CT molecular complexity index is 1570. The number of carbonyl (C=O) groups excluding carboxylic acids is 2. The lowest BCUT2D eigenvalue weighted by Crippen LogP contribution is -2.27. The SMILES string of the molecule is CN(C(=O)c1cccnc1)c1ccc2c(c1)nc(NC(=O)c1ccc(-c3cn[nH]c3)s1)n2CC(C)(C)O. The first-order valence-corrected chi connectivity index (χ1v) is 12.3. The molecule has 5 rings (SSSR count). The van der Waals surface area contributed by atoms with Gasteiger partial charge in [0.2, 0.25) is 5.95 Å². The molecule has 0 bridgehead atoms. The number of rotatable bonds is 7. The number of anilines is 2. The Labute approximate surface area is 216 Å². The van der Waals surface area contributed by atoms with E-state index in [0.717, 1.165) is 10.4 Å². The van der Waals surface area contributed by atoms with Gasteiger partial charge in [0.1, 0.15) is 0 Å². The number of fused-ring (bicyclic) bond motifs is 1. The molecule has 0 fully saturated rings. The van der Waals surface area contributed by atoms with Crippen LogP contribution in [0.4, 0.5) is 11.6 Å². The van der Waals surface area contributed by atoms with Crippen molar-refractivity contribution in [3.05, 3.63) is 77.7 Å². The maximum absolute atomic E-state index is 13.1. The van der Waals surface area contributed by atoms with Crippen LogP contribution in [0.5, 0.6) is 0 Å². The van der Waals surface area contributed by atoms with Crippen molar-refractivity contribution in [1.29, 1.82) is 0 Å². The molecule has 5 aromatic rings. The van der Waals surface area contributed by atoms with Gasteiger partial charge in [-0.05, 0) is 56.3 Å². The molecule has 0 unspecified atom stereocenters. The van der Waals surface area contributed by atoms with Crippen LogP contribution in [0.2, 0.25) is 0 Å². The van der Waals surface area contributed by atoms with E-state index in [1.165, 1.54) is 22.4 Å². The van der Waals surface area contributed by atoms with Gasteiger partial charge in [-0.2, -0.15) is 5.10 Å². The highest BCUT2D eigenvalue weighted by Crippen LogP contribution is 2.30. The zero-order valence-electron chi connectivity index (χ0n) is 20.5. The van der Waals surface area contributed by atoms with E-state index in [9.17, 15) is 14.7 Å². The second kappa shape index (κ2) is 9.60. The Kier molecular flexibility index (Phi) is 6.32. The van der Waals surface area contributed by atoms with E-state index in [-0.39, 0.29) is 18.4 Å². The number of aromatic amines is 1. The van der Waals surface area contributed by atoms with E-state index in [2.05, 4.69) is 25.5 Å². The molecule has 0 atom stereocenters. The number of nitrogens with zero attached hydrogens (tertiary/aromatic N) is 5. The molecule has 0 radical (unpaired) electrons. The second-order valence-corrected chi connectivity index (χ2v) is 10.3. The third-order valence-electron chi connectivity index (χ3n) is 5.72. The molecule has 3 N–H and O–H groups in total. The van der Waals surface area contributed by atoms with E-state index in [0.29, 0.717) is 33.1 Å². The van der Waals surface area contributed by atoms with Gasteiger partial charge in [0.05, 0.1) is 39.8 Å². The number of imidazole rings is 1. The maximum Gasteiger partial charge on any atom is 0.268 e. The molecule has 0 aliphatic rings. The quantitative estimate of drug-likeness (QED) is 0.298. The molecule has 0 saturated carbocycles. The number of amides is 2. The Morgan fingerprint density at radius 2 is 2.03 bits per heavy atom. The molecule has 4 aromatic heterocycles. The molecule has 10 nitrogen and oxygen atoms in total. The van der Waals surface area contributed by atoms with E-state index in [4.69, 9.17) is 0 Å². The number of benzene rings is 1. The summed E-state index contributed by atoms with van der Waals surface area (Å²) in [7, 11) is 1.68. The van der Waals surface area contributed by atoms with Crippen molar-refractivity contribution in [2.24, 2.45) is 0 Å². The second-order valence-electron chi connectivity index (χ2n) is 9.22. The standard InChI is InChI=1S/C26H25N7O3S/c1-26(2,36)15-33-20-7-6-18(32(3)24(35)16-5-4-10-27-12-16)11-19(20)30-25(33)31-23(34)22-9-8-21(37-22)17-13-28-29-14-17/h4-14,36H,15H2,1-3H3,(H,28,29)(H,30,31,34). The summed E-state index contributed by atoms with van der Waals surface area (Å²) in [4.78, 5) is 37.6. The lowest BCUT2D eigenvalue weighted by atomic mass is 10.1. The van der Waals surface area contributed by atoms with Crippen LogP contribution < -0.4 is 10.2 Å². The highest BCUT2D eigenvalue weighted by molar-refractivity contribution is 7.17. The number of carbonyl (C=O) groups is 2. The number of aliphatic hydroxyl groups is 1. The van der Waals surface area contributed by atoms with Gasteiger partial charge in [-0.15, -0.1) is 11.3 Å². The first-order chi connectivity index (χ1) is 17.7. The van der Waals surface area contributed by atoms with E-state index in [1.54, 1.807) is 74.4 Å². The molecule has 0 aliphatic carbocycles. The van der Waals surface area contributed by atoms with Gasteiger partial charge in [-0.1, -0.05) is 0 Å². The van der Waals surface area contributed by atoms with Crippen molar-refractivity contribution in [2.45, 2.75) is 26.0 Å². The van der Waals surface area contributed by atoms with Crippen LogP contribution >= 0.6 is 11.3 Å². The van der Waals surface area contributed by atoms with Crippen LogP contribution in [0, 0.1) is 0 Å². The molecule has 37 heavy (non-hydrogen) atoms. The van der Waals surface area contributed by atoms with Crippen LogP contribution in [0.15, 0.2) is 67.3 Å². The maximum atomic E-state index is 13.1. The third-order valence-corrected chi connectivity index (χ3v) is 6.85. The Morgan fingerprint density at radius 1 is 1.19 bits per heavy atom. The van der Waals surface area contributed by atoms with Crippen LogP contribution in [-0.4, -0.2) is 54.3 Å². The topological polar surface area (TPSA) is 129 Å². The summed E-state index contributed by atoms with van der Waals surface area (Å²) < 4.78 is 1.77. The zero-order chi connectivity index (χ0) is 26.2. The molecule has 2 amide bonds. The normalized spacial score (nSPS) is 11.6. The van der Waals surface area contributed by atoms with Crippen LogP contribution in [0.25, 0.3) is 21.5 Å². The molecular weight excluding hydrogens is 490 g/mol. The molecule has 0 aliphatic heterocycles. The highest BCUT2D eigenvalue weighted by Gasteiger charge is 2.23. The predicted molar refractivity (Wildman–Crippen MR) is 143 cm³/mol. The van der Waals surface area contributed by atoms with Crippen molar-refractivity contribution >= 4 is 45.8 Å². The molecule has 1 aromatic carbocycles. The fraction of sp³-hybridized carbons (Fsp3) is 0.192. The van der Waals surface area contributed by atoms with Gasteiger partial charge in [0.15, 0.2) is 0 Å². The van der Waals surface area contributed by atoms with Gasteiger partial charge >= 0.3 is 0 Å². The fourth-order valence-electron chi connectivity index (χ4n) is 3.93. The van der Waals surface area contributed by atoms with Gasteiger partial charge in [0, 0.05) is 41.8 Å². The first kappa shape index (κ1) is 24.3. The minimum atomic E-state index is -1.06. The Balaban J connectivity index is 1.46. The van der Waals surface area contributed by atoms with Gasteiger partial charge in [-0.3, -0.25) is 25.0 Å². The summed E-state index contributed by atoms with van der Waals surface area (Å²) in [6.45, 7) is 3.58. The number of thiophene rings is 1. The summed E-state index contributed by atoms with van der Waals surface area (Å²) in [6.07, 6.45) is 6.60. The molecule has 4 heterocycles. The highest BCUT2D eigenvalue weighted by atomic mass is 32.1. The third kappa shape index (κ3) is 5.13. The number of hydrogen-bond acceptors (Lipinski definition) is 7. The number of aromatic nitrogens is 5. The molecule has 0 spiro atoms. The van der Waals surface area contributed by atoms with Crippen molar-refractivity contribution in [2.75, 3.05) is 17.3 Å². The summed E-state index contributed by atoms with van der Waals surface area (Å²) in [5, 5.41) is 20.2. The van der Waals surface area contributed by atoms with Crippen molar-refractivity contribution in [3.63, 3.8) is 0 Å². The lowest BCUT2D eigenvalue weighted by molar-refractivity contribution is 0.0630. The fourth-order valence-corrected chi connectivity index (χ4v) is 4.82. The number of nitrogens with one attached hydrogen (secondary N) is 2. The van der Waals surface area contributed by atoms with Gasteiger partial charge in [-0.25, -0.2) is 4.98 Å². The molecule has 0 saturated heterocycles. The van der Waals surface area contributed by atoms with Crippen LogP contribution in [-0.2, 0) is 6.54 Å². The van der Waals surface area contributed by atoms with Crippen LogP contribution in [0.1, 0.15) is 33.9 Å².